The van der Waals surface area contributed by atoms with Crippen LogP contribution in [0.25, 0.3) is 0 Å². The van der Waals surface area contributed by atoms with Crippen molar-refractivity contribution >= 4 is 27.8 Å². The summed E-state index contributed by atoms with van der Waals surface area (Å²) in [5.74, 6) is 0. The first kappa shape index (κ1) is 8.42. The lowest BCUT2D eigenvalue weighted by molar-refractivity contribution is 0.632. The van der Waals surface area contributed by atoms with Crippen molar-refractivity contribution in [2.45, 2.75) is 6.92 Å². The van der Waals surface area contributed by atoms with Gasteiger partial charge in [-0.3, -0.25) is 0 Å². The van der Waals surface area contributed by atoms with E-state index in [0.29, 0.717) is 15.5 Å². The molecule has 0 saturated heterocycles. The van der Waals surface area contributed by atoms with E-state index in [0.717, 1.165) is 5.56 Å². The van der Waals surface area contributed by atoms with Gasteiger partial charge in [-0.15, -0.1) is 0 Å². The number of aryl methyl sites for hydroxylation is 1. The summed E-state index contributed by atoms with van der Waals surface area (Å²) in [5, 5.41) is 0.611. The molecule has 0 atom stereocenters. The Kier molecular flexibility index (Phi) is 2.79. The maximum absolute atomic E-state index is 5.06. The van der Waals surface area contributed by atoms with E-state index in [1.807, 2.05) is 31.2 Å². The number of thiocarbonyl (C=S) groups is 1. The van der Waals surface area contributed by atoms with Gasteiger partial charge in [-0.25, -0.2) is 0 Å². The zero-order valence-corrected chi connectivity index (χ0v) is 9.44. The summed E-state index contributed by atoms with van der Waals surface area (Å²) < 4.78 is 5.06. The molecule has 58 valence electrons. The highest BCUT2D eigenvalue weighted by atomic mass is 32.1. The lowest BCUT2D eigenvalue weighted by Crippen LogP contribution is -1.99. The first-order valence-corrected chi connectivity index (χ1v) is 4.61. The molecule has 0 saturated carbocycles. The van der Waals surface area contributed by atoms with Gasteiger partial charge in [-0.05, 0) is 25.2 Å². The van der Waals surface area contributed by atoms with Gasteiger partial charge in [0, 0.05) is 5.56 Å². The summed E-state index contributed by atoms with van der Waals surface area (Å²) in [6.07, 6.45) is 0. The Morgan fingerprint density at radius 1 is 1.55 bits per heavy atom. The Balaban J connectivity index is 2.96. The molecule has 0 aliphatic heterocycles. The van der Waals surface area contributed by atoms with Crippen molar-refractivity contribution in [3.63, 3.8) is 0 Å². The van der Waals surface area contributed by atoms with Crippen LogP contribution in [-0.2, 0) is 4.43 Å². The van der Waals surface area contributed by atoms with E-state index < -0.39 is 0 Å². The smallest absolute Gasteiger partial charge is 0.205 e. The summed E-state index contributed by atoms with van der Waals surface area (Å²) in [7, 11) is 0.664. The van der Waals surface area contributed by atoms with E-state index in [1.165, 1.54) is 5.56 Å². The SMILES string of the molecule is Cc1cccc(C(=S)O[SiH3])c1. The zero-order chi connectivity index (χ0) is 8.27. The van der Waals surface area contributed by atoms with Crippen molar-refractivity contribution in [3.8, 4) is 0 Å². The standard InChI is InChI=1S/C8H10OSSi/c1-6-3-2-4-7(5-6)8(10)9-11/h2-5H,1,11H3. The summed E-state index contributed by atoms with van der Waals surface area (Å²) in [5.41, 5.74) is 2.22. The fourth-order valence-electron chi connectivity index (χ4n) is 0.890. The second-order valence-corrected chi connectivity index (χ2v) is 3.14. The molecule has 0 heterocycles. The molecule has 0 amide bonds. The van der Waals surface area contributed by atoms with Crippen molar-refractivity contribution in [1.82, 2.24) is 0 Å². The average Bonchev–Trinajstić information content (AvgIpc) is 2.03. The van der Waals surface area contributed by atoms with Crippen LogP contribution in [0.5, 0.6) is 0 Å². The Bertz CT molecular complexity index is 273. The Morgan fingerprint density at radius 3 is 2.82 bits per heavy atom. The van der Waals surface area contributed by atoms with Crippen molar-refractivity contribution in [2.75, 3.05) is 0 Å². The molecule has 0 aliphatic rings. The molecule has 0 bridgehead atoms. The quantitative estimate of drug-likeness (QED) is 0.473. The molecule has 0 radical (unpaired) electrons. The third kappa shape index (κ3) is 2.13. The molecule has 1 aromatic rings. The first-order chi connectivity index (χ1) is 5.24. The fraction of sp³-hybridized carbons (Fsp3) is 0.125. The summed E-state index contributed by atoms with van der Waals surface area (Å²) in [6.45, 7) is 2.04. The van der Waals surface area contributed by atoms with Crippen LogP contribution in [0.3, 0.4) is 0 Å². The second kappa shape index (κ2) is 3.64. The molecule has 0 aliphatic carbocycles. The maximum Gasteiger partial charge on any atom is 0.205 e. The van der Waals surface area contributed by atoms with Crippen LogP contribution >= 0.6 is 12.2 Å². The van der Waals surface area contributed by atoms with Gasteiger partial charge < -0.3 is 4.43 Å². The normalized spacial score (nSPS) is 9.55. The van der Waals surface area contributed by atoms with E-state index in [-0.39, 0.29) is 0 Å². The monoisotopic (exact) mass is 182 g/mol. The predicted molar refractivity (Wildman–Crippen MR) is 53.9 cm³/mol. The molecule has 3 heteroatoms. The zero-order valence-electron chi connectivity index (χ0n) is 6.63. The third-order valence-corrected chi connectivity index (χ3v) is 2.55. The topological polar surface area (TPSA) is 9.23 Å². The number of benzene rings is 1. The highest BCUT2D eigenvalue weighted by molar-refractivity contribution is 7.80. The van der Waals surface area contributed by atoms with Crippen LogP contribution in [0.1, 0.15) is 11.1 Å². The second-order valence-electron chi connectivity index (χ2n) is 2.36. The lowest BCUT2D eigenvalue weighted by Gasteiger charge is -2.02. The van der Waals surface area contributed by atoms with Crippen molar-refractivity contribution in [3.05, 3.63) is 35.4 Å². The van der Waals surface area contributed by atoms with Gasteiger partial charge in [0.1, 0.15) is 0 Å². The maximum atomic E-state index is 5.06. The van der Waals surface area contributed by atoms with Gasteiger partial charge in [-0.2, -0.15) is 0 Å². The Morgan fingerprint density at radius 2 is 2.27 bits per heavy atom. The Labute approximate surface area is 74.9 Å². The molecule has 0 aromatic heterocycles. The molecule has 0 fully saturated rings. The van der Waals surface area contributed by atoms with E-state index >= 15 is 0 Å². The molecule has 0 unspecified atom stereocenters. The van der Waals surface area contributed by atoms with Gasteiger partial charge in [0.15, 0.2) is 5.05 Å². The van der Waals surface area contributed by atoms with Gasteiger partial charge in [0.25, 0.3) is 0 Å². The van der Waals surface area contributed by atoms with Crippen LogP contribution in [-0.4, -0.2) is 15.5 Å². The number of rotatable bonds is 1. The molecule has 0 N–H and O–H groups in total. The molecule has 1 aromatic carbocycles. The van der Waals surface area contributed by atoms with E-state index in [9.17, 15) is 0 Å². The highest BCUT2D eigenvalue weighted by Gasteiger charge is 1.97. The van der Waals surface area contributed by atoms with Crippen molar-refractivity contribution in [1.29, 1.82) is 0 Å². The van der Waals surface area contributed by atoms with Crippen molar-refractivity contribution in [2.24, 2.45) is 0 Å². The van der Waals surface area contributed by atoms with Crippen LogP contribution in [0.15, 0.2) is 24.3 Å². The predicted octanol–water partition coefficient (Wildman–Crippen LogP) is 0.968. The summed E-state index contributed by atoms with van der Waals surface area (Å²) in [6, 6.07) is 8.02. The fourth-order valence-corrected chi connectivity index (χ4v) is 1.25. The van der Waals surface area contributed by atoms with Crippen LogP contribution in [0, 0.1) is 6.92 Å². The third-order valence-electron chi connectivity index (χ3n) is 1.44. The molecule has 1 nitrogen and oxygen atoms in total. The van der Waals surface area contributed by atoms with E-state index in [4.69, 9.17) is 16.6 Å². The molecular weight excluding hydrogens is 172 g/mol. The number of hydrogen-bond donors (Lipinski definition) is 0. The molecular formula is C8H10OSSi. The average molecular weight is 182 g/mol. The van der Waals surface area contributed by atoms with Crippen LogP contribution in [0.4, 0.5) is 0 Å². The molecule has 1 rings (SSSR count). The van der Waals surface area contributed by atoms with Crippen molar-refractivity contribution < 1.29 is 4.43 Å². The van der Waals surface area contributed by atoms with Crippen LogP contribution < -0.4 is 0 Å². The van der Waals surface area contributed by atoms with E-state index in [2.05, 4.69) is 0 Å². The summed E-state index contributed by atoms with van der Waals surface area (Å²) >= 11 is 4.99. The lowest BCUT2D eigenvalue weighted by atomic mass is 10.1. The highest BCUT2D eigenvalue weighted by Crippen LogP contribution is 2.05. The minimum atomic E-state index is 0.611. The van der Waals surface area contributed by atoms with Gasteiger partial charge >= 0.3 is 0 Å². The van der Waals surface area contributed by atoms with Gasteiger partial charge in [0.05, 0.1) is 0 Å². The first-order valence-electron chi connectivity index (χ1n) is 3.39. The largest absolute Gasteiger partial charge is 0.545 e. The minimum absolute atomic E-state index is 0.611. The van der Waals surface area contributed by atoms with Crippen LogP contribution in [0.2, 0.25) is 0 Å². The Hall–Kier alpha value is -0.673. The molecule has 0 spiro atoms. The molecule has 11 heavy (non-hydrogen) atoms. The van der Waals surface area contributed by atoms with Gasteiger partial charge in [-0.1, -0.05) is 23.8 Å². The minimum Gasteiger partial charge on any atom is -0.545 e. The van der Waals surface area contributed by atoms with Gasteiger partial charge in [0.2, 0.25) is 10.5 Å². The number of hydrogen-bond acceptors (Lipinski definition) is 2. The van der Waals surface area contributed by atoms with E-state index in [1.54, 1.807) is 0 Å². The summed E-state index contributed by atoms with van der Waals surface area (Å²) in [4.78, 5) is 0.